The third-order valence-electron chi connectivity index (χ3n) is 5.64. The summed E-state index contributed by atoms with van der Waals surface area (Å²) in [6.07, 6.45) is 3.59. The second-order valence-corrected chi connectivity index (χ2v) is 9.25. The van der Waals surface area contributed by atoms with Gasteiger partial charge in [0.25, 0.3) is 0 Å². The van der Waals surface area contributed by atoms with Crippen LogP contribution in [0.3, 0.4) is 0 Å². The van der Waals surface area contributed by atoms with Crippen LogP contribution < -0.4 is 14.5 Å². The minimum atomic E-state index is -3.55. The molecule has 1 atom stereocenters. The first kappa shape index (κ1) is 20.5. The van der Waals surface area contributed by atoms with Crippen molar-refractivity contribution < 1.29 is 13.3 Å². The topological polar surface area (TPSA) is 66.7 Å². The summed E-state index contributed by atoms with van der Waals surface area (Å²) in [5, 5.41) is 0. The second kappa shape index (κ2) is 9.38. The zero-order valence-electron chi connectivity index (χ0n) is 16.8. The first-order valence-corrected chi connectivity index (χ1v) is 11.7. The third-order valence-corrected chi connectivity index (χ3v) is 7.08. The van der Waals surface area contributed by atoms with Crippen molar-refractivity contribution in [2.45, 2.75) is 10.9 Å². The van der Waals surface area contributed by atoms with Gasteiger partial charge < -0.3 is 9.80 Å². The molecule has 4 rings (SSSR count). The predicted molar refractivity (Wildman–Crippen MR) is 118 cm³/mol. The van der Waals surface area contributed by atoms with Crippen molar-refractivity contribution in [3.63, 3.8) is 0 Å². The molecule has 0 spiro atoms. The number of nitrogens with zero attached hydrogens (tertiary/aromatic N) is 2. The molecule has 3 aromatic rings. The fraction of sp³-hybridized carbons (Fsp3) is 0.261. The summed E-state index contributed by atoms with van der Waals surface area (Å²) in [6, 6.07) is 22.9. The van der Waals surface area contributed by atoms with E-state index in [1.807, 2.05) is 30.5 Å². The van der Waals surface area contributed by atoms with Gasteiger partial charge in [-0.05, 0) is 36.4 Å². The molecule has 1 aromatic heterocycles. The molecule has 0 amide bonds. The first-order valence-electron chi connectivity index (χ1n) is 10.2. The van der Waals surface area contributed by atoms with Gasteiger partial charge in [-0.3, -0.25) is 4.98 Å². The van der Waals surface area contributed by atoms with Gasteiger partial charge in [0.1, 0.15) is 6.04 Å². The minimum Gasteiger partial charge on any atom is -0.360 e. The maximum Gasteiger partial charge on any atom is 0.240 e. The molecule has 30 heavy (non-hydrogen) atoms. The van der Waals surface area contributed by atoms with Crippen LogP contribution in [0.5, 0.6) is 0 Å². The normalized spacial score (nSPS) is 16.3. The van der Waals surface area contributed by atoms with E-state index in [4.69, 9.17) is 0 Å². The van der Waals surface area contributed by atoms with E-state index in [1.54, 1.807) is 30.5 Å². The van der Waals surface area contributed by atoms with E-state index in [0.717, 1.165) is 31.7 Å². The van der Waals surface area contributed by atoms with Gasteiger partial charge in [-0.15, -0.1) is 0 Å². The van der Waals surface area contributed by atoms with Gasteiger partial charge in [-0.25, -0.2) is 13.1 Å². The fourth-order valence-corrected chi connectivity index (χ4v) is 5.06. The van der Waals surface area contributed by atoms with Crippen LogP contribution in [0.25, 0.3) is 0 Å². The lowest BCUT2D eigenvalue weighted by molar-refractivity contribution is -0.930. The molecule has 0 saturated carbocycles. The van der Waals surface area contributed by atoms with Gasteiger partial charge in [-0.2, -0.15) is 0 Å². The van der Waals surface area contributed by atoms with Gasteiger partial charge >= 0.3 is 0 Å². The number of anilines is 1. The summed E-state index contributed by atoms with van der Waals surface area (Å²) in [5.74, 6) is 0. The number of para-hydroxylation sites is 1. The summed E-state index contributed by atoms with van der Waals surface area (Å²) in [7, 11) is -3.55. The number of sulfonamides is 1. The van der Waals surface area contributed by atoms with E-state index in [0.29, 0.717) is 11.4 Å². The van der Waals surface area contributed by atoms with Crippen molar-refractivity contribution in [2.75, 3.05) is 37.6 Å². The molecular formula is C23H27N4O2S+. The predicted octanol–water partition coefficient (Wildman–Crippen LogP) is 1.51. The Morgan fingerprint density at radius 2 is 1.60 bits per heavy atom. The molecule has 2 aromatic carbocycles. The molecule has 1 aliphatic heterocycles. The highest BCUT2D eigenvalue weighted by Crippen LogP contribution is 2.15. The third kappa shape index (κ3) is 4.87. The number of piperazine rings is 1. The number of hydrogen-bond acceptors (Lipinski definition) is 4. The lowest BCUT2D eigenvalue weighted by Crippen LogP contribution is -3.15. The van der Waals surface area contributed by atoms with Crippen molar-refractivity contribution in [3.8, 4) is 0 Å². The zero-order chi connectivity index (χ0) is 20.8. The molecule has 156 valence electrons. The van der Waals surface area contributed by atoms with Crippen molar-refractivity contribution in [2.24, 2.45) is 0 Å². The SMILES string of the molecule is O=S(=O)(NC[C@H](c1cccnc1)[NH+]1CCN(c2ccccc2)CC1)c1ccccc1. The quantitative estimate of drug-likeness (QED) is 0.605. The molecule has 1 aliphatic rings. The van der Waals surface area contributed by atoms with E-state index in [2.05, 4.69) is 38.9 Å². The maximum absolute atomic E-state index is 12.7. The molecule has 1 saturated heterocycles. The molecule has 6 nitrogen and oxygen atoms in total. The van der Waals surface area contributed by atoms with Crippen molar-refractivity contribution >= 4 is 15.7 Å². The van der Waals surface area contributed by atoms with Crippen LogP contribution in [-0.2, 0) is 10.0 Å². The lowest BCUT2D eigenvalue weighted by Gasteiger charge is -2.37. The highest BCUT2D eigenvalue weighted by atomic mass is 32.2. The summed E-state index contributed by atoms with van der Waals surface area (Å²) in [4.78, 5) is 8.31. The van der Waals surface area contributed by atoms with Crippen LogP contribution >= 0.6 is 0 Å². The Morgan fingerprint density at radius 1 is 0.933 bits per heavy atom. The van der Waals surface area contributed by atoms with Gasteiger partial charge in [0.05, 0.1) is 37.6 Å². The Morgan fingerprint density at radius 3 is 2.23 bits per heavy atom. The smallest absolute Gasteiger partial charge is 0.240 e. The average Bonchev–Trinajstić information content (AvgIpc) is 2.81. The van der Waals surface area contributed by atoms with E-state index in [9.17, 15) is 8.42 Å². The van der Waals surface area contributed by atoms with Crippen LogP contribution in [0, 0.1) is 0 Å². The van der Waals surface area contributed by atoms with Gasteiger partial charge in [-0.1, -0.05) is 36.4 Å². The molecule has 0 unspecified atom stereocenters. The van der Waals surface area contributed by atoms with E-state index >= 15 is 0 Å². The molecule has 2 N–H and O–H groups in total. The van der Waals surface area contributed by atoms with E-state index in [1.165, 1.54) is 10.6 Å². The summed E-state index contributed by atoms with van der Waals surface area (Å²) >= 11 is 0. The van der Waals surface area contributed by atoms with Gasteiger partial charge in [0.15, 0.2) is 0 Å². The Labute approximate surface area is 178 Å². The summed E-state index contributed by atoms with van der Waals surface area (Å²) in [6.45, 7) is 4.07. The van der Waals surface area contributed by atoms with Crippen molar-refractivity contribution in [1.82, 2.24) is 9.71 Å². The number of quaternary nitrogens is 1. The fourth-order valence-electron chi connectivity index (χ4n) is 4.00. The van der Waals surface area contributed by atoms with Crippen LogP contribution in [0.1, 0.15) is 11.6 Å². The average molecular weight is 424 g/mol. The monoisotopic (exact) mass is 423 g/mol. The van der Waals surface area contributed by atoms with Gasteiger partial charge in [0, 0.05) is 23.6 Å². The van der Waals surface area contributed by atoms with E-state index < -0.39 is 10.0 Å². The largest absolute Gasteiger partial charge is 0.360 e. The highest BCUT2D eigenvalue weighted by molar-refractivity contribution is 7.89. The number of benzene rings is 2. The molecule has 0 bridgehead atoms. The number of hydrogen-bond donors (Lipinski definition) is 2. The summed E-state index contributed by atoms with van der Waals surface area (Å²) < 4.78 is 28.3. The number of rotatable bonds is 7. The lowest BCUT2D eigenvalue weighted by atomic mass is 10.1. The highest BCUT2D eigenvalue weighted by Gasteiger charge is 2.30. The number of pyridine rings is 1. The van der Waals surface area contributed by atoms with E-state index in [-0.39, 0.29) is 6.04 Å². The molecule has 0 aliphatic carbocycles. The molecule has 2 heterocycles. The van der Waals surface area contributed by atoms with Crippen LogP contribution in [0.4, 0.5) is 5.69 Å². The van der Waals surface area contributed by atoms with Crippen LogP contribution in [0.15, 0.2) is 90.1 Å². The van der Waals surface area contributed by atoms with Crippen LogP contribution in [0.2, 0.25) is 0 Å². The second-order valence-electron chi connectivity index (χ2n) is 7.48. The Hall–Kier alpha value is -2.74. The molecular weight excluding hydrogens is 396 g/mol. The Bertz CT molecular complexity index is 1020. The first-order chi connectivity index (χ1) is 14.6. The van der Waals surface area contributed by atoms with Crippen molar-refractivity contribution in [3.05, 3.63) is 90.8 Å². The van der Waals surface area contributed by atoms with Gasteiger partial charge in [0.2, 0.25) is 10.0 Å². The van der Waals surface area contributed by atoms with Crippen molar-refractivity contribution in [1.29, 1.82) is 0 Å². The molecule has 7 heteroatoms. The molecule has 0 radical (unpaired) electrons. The minimum absolute atomic E-state index is 0.00936. The zero-order valence-corrected chi connectivity index (χ0v) is 17.6. The van der Waals surface area contributed by atoms with Crippen LogP contribution in [-0.4, -0.2) is 46.1 Å². The maximum atomic E-state index is 12.7. The molecule has 1 fully saturated rings. The Kier molecular flexibility index (Phi) is 6.42. The number of nitrogens with one attached hydrogen (secondary N) is 2. The Balaban J connectivity index is 1.47. The standard InChI is InChI=1S/C23H26N4O2S/c28-30(29,22-11-5-2-6-12-22)25-19-23(20-8-7-13-24-18-20)27-16-14-26(15-17-27)21-9-3-1-4-10-21/h1-13,18,23,25H,14-17,19H2/p+1/t23-/m1/s1. The summed E-state index contributed by atoms with van der Waals surface area (Å²) in [5.41, 5.74) is 2.29. The number of aromatic nitrogens is 1.